The fourth-order valence-corrected chi connectivity index (χ4v) is 2.41. The van der Waals surface area contributed by atoms with E-state index in [0.29, 0.717) is 5.92 Å². The van der Waals surface area contributed by atoms with Crippen molar-refractivity contribution < 1.29 is 4.79 Å². The lowest BCUT2D eigenvalue weighted by atomic mass is 9.94. The Kier molecular flexibility index (Phi) is 3.64. The molecule has 1 aliphatic heterocycles. The Bertz CT molecular complexity index is 446. The number of nitrogens with one attached hydrogen (secondary N) is 2. The first kappa shape index (κ1) is 13.4. The topological polar surface area (TPSA) is 44.4 Å². The minimum atomic E-state index is -0.357. The van der Waals surface area contributed by atoms with E-state index in [0.717, 1.165) is 16.6 Å². The van der Waals surface area contributed by atoms with Crippen molar-refractivity contribution in [3.8, 4) is 0 Å². The third-order valence-electron chi connectivity index (χ3n) is 3.47. The molecule has 0 aliphatic carbocycles. The van der Waals surface area contributed by atoms with Crippen LogP contribution in [-0.4, -0.2) is 11.7 Å². The highest BCUT2D eigenvalue weighted by molar-refractivity contribution is 9.10. The van der Waals surface area contributed by atoms with E-state index in [-0.39, 0.29) is 11.7 Å². The minimum absolute atomic E-state index is 0.104. The number of amides is 2. The van der Waals surface area contributed by atoms with Gasteiger partial charge in [-0.2, -0.15) is 0 Å². The average Bonchev–Trinajstić information content (AvgIpc) is 2.69. The summed E-state index contributed by atoms with van der Waals surface area (Å²) in [4.78, 5) is 12.1. The molecular formula is C13H18BrN3O. The molecule has 0 aromatic heterocycles. The van der Waals surface area contributed by atoms with E-state index < -0.39 is 0 Å². The summed E-state index contributed by atoms with van der Waals surface area (Å²) in [6.07, 6.45) is 0.837. The minimum Gasteiger partial charge on any atom is -0.317 e. The summed E-state index contributed by atoms with van der Waals surface area (Å²) < 4.78 is 0.997. The number of nitrogens with zero attached hydrogens (tertiary/aromatic N) is 1. The SMILES string of the molecule is CC[C@]1(C(C)C)NC(=O)N(c2ccc(Br)cc2)N1. The molecule has 1 atom stereocenters. The molecule has 18 heavy (non-hydrogen) atoms. The zero-order valence-corrected chi connectivity index (χ0v) is 12.4. The number of carbonyl (C=O) groups excluding carboxylic acids is 1. The molecule has 0 saturated carbocycles. The van der Waals surface area contributed by atoms with Crippen molar-refractivity contribution in [2.45, 2.75) is 32.9 Å². The van der Waals surface area contributed by atoms with Crippen LogP contribution in [0, 0.1) is 5.92 Å². The maximum atomic E-state index is 12.1. The molecule has 4 nitrogen and oxygen atoms in total. The van der Waals surface area contributed by atoms with Crippen LogP contribution in [-0.2, 0) is 0 Å². The highest BCUT2D eigenvalue weighted by atomic mass is 79.9. The maximum absolute atomic E-state index is 12.1. The van der Waals surface area contributed by atoms with Crippen LogP contribution in [0.4, 0.5) is 10.5 Å². The van der Waals surface area contributed by atoms with Crippen LogP contribution >= 0.6 is 15.9 Å². The van der Waals surface area contributed by atoms with E-state index in [4.69, 9.17) is 0 Å². The smallest absolute Gasteiger partial charge is 0.317 e. The molecule has 0 radical (unpaired) electrons. The monoisotopic (exact) mass is 311 g/mol. The van der Waals surface area contributed by atoms with Gasteiger partial charge in [-0.15, -0.1) is 0 Å². The number of anilines is 1. The van der Waals surface area contributed by atoms with Crippen LogP contribution in [0.5, 0.6) is 0 Å². The molecule has 98 valence electrons. The Balaban J connectivity index is 2.26. The second-order valence-corrected chi connectivity index (χ2v) is 5.75. The fourth-order valence-electron chi connectivity index (χ4n) is 2.15. The number of benzene rings is 1. The molecule has 0 unspecified atom stereocenters. The summed E-state index contributed by atoms with van der Waals surface area (Å²) in [5.41, 5.74) is 3.78. The lowest BCUT2D eigenvalue weighted by Crippen LogP contribution is -2.54. The van der Waals surface area contributed by atoms with Gasteiger partial charge in [-0.05, 0) is 36.6 Å². The molecule has 2 N–H and O–H groups in total. The quantitative estimate of drug-likeness (QED) is 0.900. The standard InChI is InChI=1S/C13H18BrN3O/c1-4-13(9(2)3)15-12(18)17(16-13)11-7-5-10(14)6-8-11/h5-9,16H,4H2,1-3H3,(H,15,18)/t13-/m0/s1. The second-order valence-electron chi connectivity index (χ2n) is 4.83. The van der Waals surface area contributed by atoms with E-state index in [1.165, 1.54) is 0 Å². The predicted octanol–water partition coefficient (Wildman–Crippen LogP) is 3.25. The van der Waals surface area contributed by atoms with Crippen molar-refractivity contribution in [2.75, 3.05) is 5.01 Å². The number of carbonyl (C=O) groups is 1. The van der Waals surface area contributed by atoms with Crippen molar-refractivity contribution in [3.63, 3.8) is 0 Å². The number of urea groups is 1. The van der Waals surface area contributed by atoms with Crippen LogP contribution in [0.15, 0.2) is 28.7 Å². The molecule has 0 spiro atoms. The highest BCUT2D eigenvalue weighted by Gasteiger charge is 2.43. The zero-order chi connectivity index (χ0) is 13.3. The summed E-state index contributed by atoms with van der Waals surface area (Å²) in [5, 5.41) is 4.62. The summed E-state index contributed by atoms with van der Waals surface area (Å²) in [7, 11) is 0. The van der Waals surface area contributed by atoms with Crippen molar-refractivity contribution >= 4 is 27.6 Å². The third kappa shape index (κ3) is 2.24. The highest BCUT2D eigenvalue weighted by Crippen LogP contribution is 2.27. The van der Waals surface area contributed by atoms with Gasteiger partial charge in [-0.1, -0.05) is 36.7 Å². The summed E-state index contributed by atoms with van der Waals surface area (Å²) in [6, 6.07) is 7.55. The van der Waals surface area contributed by atoms with Gasteiger partial charge in [0, 0.05) is 4.47 Å². The molecule has 1 aliphatic rings. The van der Waals surface area contributed by atoms with Gasteiger partial charge < -0.3 is 5.32 Å². The van der Waals surface area contributed by atoms with E-state index in [9.17, 15) is 4.79 Å². The average molecular weight is 312 g/mol. The van der Waals surface area contributed by atoms with Gasteiger partial charge in [0.2, 0.25) is 0 Å². The molecule has 1 fully saturated rings. The van der Waals surface area contributed by atoms with Crippen LogP contribution in [0.2, 0.25) is 0 Å². The molecule has 2 rings (SSSR count). The van der Waals surface area contributed by atoms with Crippen molar-refractivity contribution in [1.29, 1.82) is 0 Å². The first-order valence-electron chi connectivity index (χ1n) is 6.14. The van der Waals surface area contributed by atoms with Crippen molar-refractivity contribution in [2.24, 2.45) is 5.92 Å². The molecular weight excluding hydrogens is 294 g/mol. The Labute approximate surface area is 116 Å². The Morgan fingerprint density at radius 3 is 2.39 bits per heavy atom. The van der Waals surface area contributed by atoms with Gasteiger partial charge in [0.15, 0.2) is 0 Å². The van der Waals surface area contributed by atoms with Crippen LogP contribution < -0.4 is 15.8 Å². The van der Waals surface area contributed by atoms with Gasteiger partial charge in [-0.3, -0.25) is 0 Å². The second kappa shape index (κ2) is 4.90. The number of hydrogen-bond acceptors (Lipinski definition) is 2. The predicted molar refractivity (Wildman–Crippen MR) is 76.1 cm³/mol. The first-order chi connectivity index (χ1) is 8.48. The Morgan fingerprint density at radius 2 is 1.94 bits per heavy atom. The van der Waals surface area contributed by atoms with E-state index in [1.807, 2.05) is 24.3 Å². The molecule has 0 bridgehead atoms. The number of halogens is 1. The van der Waals surface area contributed by atoms with Crippen LogP contribution in [0.25, 0.3) is 0 Å². The van der Waals surface area contributed by atoms with Gasteiger partial charge in [0.05, 0.1) is 5.69 Å². The Morgan fingerprint density at radius 1 is 1.33 bits per heavy atom. The van der Waals surface area contributed by atoms with E-state index in [2.05, 4.69) is 47.4 Å². The summed E-state index contributed by atoms with van der Waals surface area (Å²) in [5.74, 6) is 0.312. The van der Waals surface area contributed by atoms with E-state index >= 15 is 0 Å². The zero-order valence-electron chi connectivity index (χ0n) is 10.8. The van der Waals surface area contributed by atoms with Crippen LogP contribution in [0.3, 0.4) is 0 Å². The number of rotatable bonds is 3. The number of hydrogen-bond donors (Lipinski definition) is 2. The lowest BCUT2D eigenvalue weighted by Gasteiger charge is -2.32. The first-order valence-corrected chi connectivity index (χ1v) is 6.93. The molecule has 1 aromatic carbocycles. The molecule has 1 heterocycles. The van der Waals surface area contributed by atoms with Gasteiger partial charge in [0.1, 0.15) is 5.66 Å². The van der Waals surface area contributed by atoms with Gasteiger partial charge in [0.25, 0.3) is 0 Å². The lowest BCUT2D eigenvalue weighted by molar-refractivity contribution is 0.217. The summed E-state index contributed by atoms with van der Waals surface area (Å²) >= 11 is 3.39. The largest absolute Gasteiger partial charge is 0.338 e. The maximum Gasteiger partial charge on any atom is 0.338 e. The molecule has 2 amide bonds. The van der Waals surface area contributed by atoms with Crippen molar-refractivity contribution in [1.82, 2.24) is 10.7 Å². The number of hydrazine groups is 1. The Hall–Kier alpha value is -1.07. The van der Waals surface area contributed by atoms with Crippen LogP contribution in [0.1, 0.15) is 27.2 Å². The van der Waals surface area contributed by atoms with E-state index in [1.54, 1.807) is 5.01 Å². The molecule has 1 saturated heterocycles. The normalized spacial score (nSPS) is 23.6. The summed E-state index contributed by atoms with van der Waals surface area (Å²) in [6.45, 7) is 6.27. The third-order valence-corrected chi connectivity index (χ3v) is 4.00. The van der Waals surface area contributed by atoms with Gasteiger partial charge >= 0.3 is 6.03 Å². The van der Waals surface area contributed by atoms with Crippen molar-refractivity contribution in [3.05, 3.63) is 28.7 Å². The molecule has 1 aromatic rings. The molecule has 5 heteroatoms. The van der Waals surface area contributed by atoms with Gasteiger partial charge in [-0.25, -0.2) is 15.2 Å². The fraction of sp³-hybridized carbons (Fsp3) is 0.462.